The Balaban J connectivity index is 1.13. The smallest absolute Gasteiger partial charge is 0.234 e. The van der Waals surface area contributed by atoms with E-state index in [1.165, 1.54) is 16.5 Å². The molecule has 0 radical (unpaired) electrons. The number of carbonyl (C=O) groups is 1. The molecule has 5 heteroatoms. The van der Waals surface area contributed by atoms with Gasteiger partial charge in [0, 0.05) is 56.4 Å². The fraction of sp³-hybridized carbons (Fsp3) is 0.320. The lowest BCUT2D eigenvalue weighted by atomic mass is 10.1. The Bertz CT molecular complexity index is 971. The number of para-hydroxylation sites is 1. The Labute approximate surface area is 178 Å². The first kappa shape index (κ1) is 20.4. The Morgan fingerprint density at radius 3 is 2.53 bits per heavy atom. The highest BCUT2D eigenvalue weighted by Crippen LogP contribution is 2.17. The van der Waals surface area contributed by atoms with Gasteiger partial charge in [-0.05, 0) is 23.6 Å². The first-order chi connectivity index (χ1) is 14.8. The van der Waals surface area contributed by atoms with Crippen LogP contribution in [0.25, 0.3) is 17.0 Å². The average molecular weight is 403 g/mol. The van der Waals surface area contributed by atoms with Crippen LogP contribution in [0.2, 0.25) is 0 Å². The highest BCUT2D eigenvalue weighted by Gasteiger charge is 2.18. The Morgan fingerprint density at radius 1 is 0.967 bits per heavy atom. The van der Waals surface area contributed by atoms with Crippen LogP contribution in [0.4, 0.5) is 0 Å². The highest BCUT2D eigenvalue weighted by molar-refractivity contribution is 5.83. The summed E-state index contributed by atoms with van der Waals surface area (Å²) in [6.45, 7) is 6.00. The molecular formula is C25H30N4O. The van der Waals surface area contributed by atoms with E-state index in [2.05, 4.69) is 74.7 Å². The number of benzene rings is 2. The number of aromatic nitrogens is 1. The van der Waals surface area contributed by atoms with Gasteiger partial charge in [-0.1, -0.05) is 60.7 Å². The van der Waals surface area contributed by atoms with E-state index in [0.717, 1.165) is 44.7 Å². The fourth-order valence-corrected chi connectivity index (χ4v) is 3.97. The van der Waals surface area contributed by atoms with Gasteiger partial charge < -0.3 is 10.3 Å². The van der Waals surface area contributed by atoms with E-state index in [1.807, 2.05) is 18.3 Å². The molecule has 0 unspecified atom stereocenters. The van der Waals surface area contributed by atoms with Gasteiger partial charge >= 0.3 is 0 Å². The number of fused-ring (bicyclic) bond motifs is 1. The summed E-state index contributed by atoms with van der Waals surface area (Å²) in [5, 5.41) is 4.32. The molecule has 1 aromatic heterocycles. The predicted octanol–water partition coefficient (Wildman–Crippen LogP) is 3.16. The van der Waals surface area contributed by atoms with Crippen LogP contribution in [0.5, 0.6) is 0 Å². The van der Waals surface area contributed by atoms with Gasteiger partial charge in [0.2, 0.25) is 5.91 Å². The standard InChI is InChI=1S/C25H30N4O/c30-25(26-13-12-22-19-27-24-11-5-4-10-23(22)24)20-29-17-15-28(16-18-29)14-6-9-21-7-2-1-3-8-21/h1-11,19,27H,12-18,20H2,(H,26,30). The van der Waals surface area contributed by atoms with Crippen LogP contribution in [-0.4, -0.2) is 66.5 Å². The third-order valence-electron chi connectivity index (χ3n) is 5.70. The van der Waals surface area contributed by atoms with Gasteiger partial charge in [-0.3, -0.25) is 14.6 Å². The van der Waals surface area contributed by atoms with E-state index < -0.39 is 0 Å². The number of amides is 1. The minimum atomic E-state index is 0.118. The van der Waals surface area contributed by atoms with Crippen molar-refractivity contribution < 1.29 is 4.79 Å². The summed E-state index contributed by atoms with van der Waals surface area (Å²) in [6.07, 6.45) is 7.29. The first-order valence-corrected chi connectivity index (χ1v) is 10.8. The highest BCUT2D eigenvalue weighted by atomic mass is 16.2. The van der Waals surface area contributed by atoms with E-state index in [0.29, 0.717) is 13.1 Å². The number of nitrogens with zero attached hydrogens (tertiary/aromatic N) is 2. The van der Waals surface area contributed by atoms with Crippen LogP contribution in [0.3, 0.4) is 0 Å². The number of rotatable bonds is 8. The molecule has 1 aliphatic heterocycles. The number of piperazine rings is 1. The largest absolute Gasteiger partial charge is 0.361 e. The molecule has 0 aliphatic carbocycles. The van der Waals surface area contributed by atoms with Crippen molar-refractivity contribution in [2.45, 2.75) is 6.42 Å². The molecule has 1 saturated heterocycles. The second-order valence-electron chi connectivity index (χ2n) is 7.85. The maximum atomic E-state index is 12.3. The van der Waals surface area contributed by atoms with Gasteiger partial charge in [0.05, 0.1) is 6.54 Å². The lowest BCUT2D eigenvalue weighted by Gasteiger charge is -2.33. The number of H-pyrrole nitrogens is 1. The molecule has 0 bridgehead atoms. The zero-order valence-corrected chi connectivity index (χ0v) is 17.4. The number of carbonyl (C=O) groups excluding carboxylic acids is 1. The summed E-state index contributed by atoms with van der Waals surface area (Å²) in [5.74, 6) is 0.118. The monoisotopic (exact) mass is 402 g/mol. The third-order valence-corrected chi connectivity index (χ3v) is 5.70. The Kier molecular flexibility index (Phi) is 6.95. The molecule has 156 valence electrons. The van der Waals surface area contributed by atoms with Gasteiger partial charge in [-0.15, -0.1) is 0 Å². The summed E-state index contributed by atoms with van der Waals surface area (Å²) in [5.41, 5.74) is 3.64. The molecule has 1 fully saturated rings. The van der Waals surface area contributed by atoms with Gasteiger partial charge in [-0.25, -0.2) is 0 Å². The van der Waals surface area contributed by atoms with Gasteiger partial charge in [0.15, 0.2) is 0 Å². The predicted molar refractivity (Wildman–Crippen MR) is 123 cm³/mol. The SMILES string of the molecule is O=C(CN1CCN(CC=Cc2ccccc2)CC1)NCCc1c[nH]c2ccccc12. The molecule has 1 aliphatic rings. The maximum absolute atomic E-state index is 12.3. The van der Waals surface area contributed by atoms with Gasteiger partial charge in [0.25, 0.3) is 0 Å². The molecule has 0 atom stereocenters. The molecule has 30 heavy (non-hydrogen) atoms. The van der Waals surface area contributed by atoms with Crippen molar-refractivity contribution in [3.05, 3.63) is 78.0 Å². The average Bonchev–Trinajstić information content (AvgIpc) is 3.19. The topological polar surface area (TPSA) is 51.4 Å². The number of hydrogen-bond donors (Lipinski definition) is 2. The molecule has 0 spiro atoms. The van der Waals surface area contributed by atoms with Crippen LogP contribution < -0.4 is 5.32 Å². The molecule has 1 amide bonds. The van der Waals surface area contributed by atoms with Crippen molar-refractivity contribution >= 4 is 22.9 Å². The minimum absolute atomic E-state index is 0.118. The van der Waals surface area contributed by atoms with Crippen LogP contribution in [0, 0.1) is 0 Å². The van der Waals surface area contributed by atoms with E-state index in [4.69, 9.17) is 0 Å². The summed E-state index contributed by atoms with van der Waals surface area (Å²) in [6, 6.07) is 18.7. The zero-order valence-electron chi connectivity index (χ0n) is 17.4. The van der Waals surface area contributed by atoms with Crippen molar-refractivity contribution in [1.82, 2.24) is 20.1 Å². The molecule has 5 nitrogen and oxygen atoms in total. The molecular weight excluding hydrogens is 372 g/mol. The lowest BCUT2D eigenvalue weighted by Crippen LogP contribution is -2.49. The third kappa shape index (κ3) is 5.59. The molecule has 3 aromatic rings. The van der Waals surface area contributed by atoms with Crippen LogP contribution in [-0.2, 0) is 11.2 Å². The number of nitrogens with one attached hydrogen (secondary N) is 2. The van der Waals surface area contributed by atoms with E-state index in [1.54, 1.807) is 0 Å². The Morgan fingerprint density at radius 2 is 1.70 bits per heavy atom. The quantitative estimate of drug-likeness (QED) is 0.609. The normalized spacial score (nSPS) is 15.7. The summed E-state index contributed by atoms with van der Waals surface area (Å²) >= 11 is 0. The van der Waals surface area contributed by atoms with Crippen LogP contribution in [0.1, 0.15) is 11.1 Å². The second-order valence-corrected chi connectivity index (χ2v) is 7.85. The minimum Gasteiger partial charge on any atom is -0.361 e. The van der Waals surface area contributed by atoms with E-state index >= 15 is 0 Å². The van der Waals surface area contributed by atoms with Crippen molar-refractivity contribution in [1.29, 1.82) is 0 Å². The first-order valence-electron chi connectivity index (χ1n) is 10.8. The summed E-state index contributed by atoms with van der Waals surface area (Å²) in [7, 11) is 0. The van der Waals surface area contributed by atoms with Crippen molar-refractivity contribution in [3.8, 4) is 0 Å². The Hall–Kier alpha value is -2.89. The zero-order chi connectivity index (χ0) is 20.6. The van der Waals surface area contributed by atoms with E-state index in [9.17, 15) is 4.79 Å². The lowest BCUT2D eigenvalue weighted by molar-refractivity contribution is -0.122. The maximum Gasteiger partial charge on any atom is 0.234 e. The van der Waals surface area contributed by atoms with Gasteiger partial charge in [-0.2, -0.15) is 0 Å². The second kappa shape index (κ2) is 10.2. The van der Waals surface area contributed by atoms with Gasteiger partial charge in [0.1, 0.15) is 0 Å². The molecule has 2 N–H and O–H groups in total. The molecule has 0 saturated carbocycles. The summed E-state index contributed by atoms with van der Waals surface area (Å²) < 4.78 is 0. The molecule has 2 aromatic carbocycles. The summed E-state index contributed by atoms with van der Waals surface area (Å²) in [4.78, 5) is 20.3. The van der Waals surface area contributed by atoms with E-state index in [-0.39, 0.29) is 5.91 Å². The van der Waals surface area contributed by atoms with Crippen LogP contribution >= 0.6 is 0 Å². The fourth-order valence-electron chi connectivity index (χ4n) is 3.97. The number of aromatic amines is 1. The molecule has 2 heterocycles. The number of hydrogen-bond acceptors (Lipinski definition) is 3. The van der Waals surface area contributed by atoms with Crippen molar-refractivity contribution in [2.24, 2.45) is 0 Å². The molecule has 4 rings (SSSR count). The van der Waals surface area contributed by atoms with Crippen molar-refractivity contribution in [3.63, 3.8) is 0 Å². The van der Waals surface area contributed by atoms with Crippen molar-refractivity contribution in [2.75, 3.05) is 45.8 Å². The van der Waals surface area contributed by atoms with Crippen LogP contribution in [0.15, 0.2) is 66.9 Å².